The Kier molecular flexibility index (Phi) is 4.08. The standard InChI is InChI=1S/C13H25N3/c1-2-10-3-5-11(6-4-10)9-15-13(14)16-12-7-8-12/h10-12H,2-9H2,1H3,(H3,14,15,16). The zero-order valence-corrected chi connectivity index (χ0v) is 10.4. The van der Waals surface area contributed by atoms with Gasteiger partial charge in [-0.15, -0.1) is 0 Å². The first kappa shape index (κ1) is 11.7. The van der Waals surface area contributed by atoms with Crippen molar-refractivity contribution in [1.82, 2.24) is 5.32 Å². The summed E-state index contributed by atoms with van der Waals surface area (Å²) in [5.74, 6) is 2.42. The van der Waals surface area contributed by atoms with Crippen LogP contribution in [0, 0.1) is 11.8 Å². The largest absolute Gasteiger partial charge is 0.370 e. The third-order valence-corrected chi connectivity index (χ3v) is 3.99. The van der Waals surface area contributed by atoms with E-state index >= 15 is 0 Å². The molecule has 3 heteroatoms. The Morgan fingerprint density at radius 1 is 1.12 bits per heavy atom. The molecule has 0 aromatic heterocycles. The first-order chi connectivity index (χ1) is 7.78. The number of rotatable bonds is 4. The van der Waals surface area contributed by atoms with Crippen LogP contribution in [-0.4, -0.2) is 18.5 Å². The number of nitrogens with one attached hydrogen (secondary N) is 1. The molecule has 0 unspecified atom stereocenters. The summed E-state index contributed by atoms with van der Waals surface area (Å²) in [6, 6.07) is 0.625. The average molecular weight is 223 g/mol. The van der Waals surface area contributed by atoms with Crippen molar-refractivity contribution in [2.24, 2.45) is 22.6 Å². The zero-order chi connectivity index (χ0) is 11.4. The SMILES string of the molecule is CCC1CCC(CN=C(N)NC2CC2)CC1. The van der Waals surface area contributed by atoms with E-state index in [1.54, 1.807) is 0 Å². The van der Waals surface area contributed by atoms with Crippen LogP contribution in [0.2, 0.25) is 0 Å². The molecule has 2 aliphatic rings. The van der Waals surface area contributed by atoms with E-state index in [2.05, 4.69) is 17.2 Å². The minimum absolute atomic E-state index is 0.625. The van der Waals surface area contributed by atoms with Crippen LogP contribution in [0.3, 0.4) is 0 Å². The summed E-state index contributed by atoms with van der Waals surface area (Å²) in [7, 11) is 0. The minimum Gasteiger partial charge on any atom is -0.370 e. The van der Waals surface area contributed by atoms with E-state index < -0.39 is 0 Å². The lowest BCUT2D eigenvalue weighted by Gasteiger charge is -2.26. The van der Waals surface area contributed by atoms with E-state index in [4.69, 9.17) is 5.73 Å². The molecule has 0 aromatic carbocycles. The summed E-state index contributed by atoms with van der Waals surface area (Å²) >= 11 is 0. The van der Waals surface area contributed by atoms with Crippen LogP contribution < -0.4 is 11.1 Å². The molecule has 2 rings (SSSR count). The van der Waals surface area contributed by atoms with Crippen LogP contribution in [0.5, 0.6) is 0 Å². The molecule has 0 radical (unpaired) electrons. The van der Waals surface area contributed by atoms with Crippen LogP contribution in [-0.2, 0) is 0 Å². The predicted molar refractivity (Wildman–Crippen MR) is 68.4 cm³/mol. The zero-order valence-electron chi connectivity index (χ0n) is 10.4. The van der Waals surface area contributed by atoms with Gasteiger partial charge in [-0.05, 0) is 37.5 Å². The molecular weight excluding hydrogens is 198 g/mol. The maximum atomic E-state index is 5.82. The van der Waals surface area contributed by atoms with E-state index in [-0.39, 0.29) is 0 Å². The van der Waals surface area contributed by atoms with Crippen molar-refractivity contribution < 1.29 is 0 Å². The summed E-state index contributed by atoms with van der Waals surface area (Å²) in [5.41, 5.74) is 5.82. The third-order valence-electron chi connectivity index (χ3n) is 3.99. The molecule has 0 amide bonds. The lowest BCUT2D eigenvalue weighted by Crippen LogP contribution is -2.34. The van der Waals surface area contributed by atoms with Gasteiger partial charge in [-0.2, -0.15) is 0 Å². The molecule has 0 aromatic rings. The first-order valence-electron chi connectivity index (χ1n) is 6.84. The maximum Gasteiger partial charge on any atom is 0.188 e. The molecule has 0 heterocycles. The molecule has 0 aliphatic heterocycles. The first-order valence-corrected chi connectivity index (χ1v) is 6.84. The van der Waals surface area contributed by atoms with E-state index in [0.29, 0.717) is 12.0 Å². The summed E-state index contributed by atoms with van der Waals surface area (Å²) in [6.07, 6.45) is 9.35. The molecule has 2 saturated carbocycles. The van der Waals surface area contributed by atoms with Crippen molar-refractivity contribution in [2.75, 3.05) is 6.54 Å². The molecule has 3 nitrogen and oxygen atoms in total. The molecule has 0 saturated heterocycles. The van der Waals surface area contributed by atoms with Crippen molar-refractivity contribution in [2.45, 2.75) is 57.9 Å². The second kappa shape index (κ2) is 5.55. The van der Waals surface area contributed by atoms with Crippen molar-refractivity contribution in [3.05, 3.63) is 0 Å². The summed E-state index contributed by atoms with van der Waals surface area (Å²) in [5, 5.41) is 3.24. The smallest absolute Gasteiger partial charge is 0.188 e. The summed E-state index contributed by atoms with van der Waals surface area (Å²) < 4.78 is 0. The topological polar surface area (TPSA) is 50.4 Å². The second-order valence-electron chi connectivity index (χ2n) is 5.44. The Hall–Kier alpha value is -0.730. The summed E-state index contributed by atoms with van der Waals surface area (Å²) in [4.78, 5) is 4.46. The second-order valence-corrected chi connectivity index (χ2v) is 5.44. The average Bonchev–Trinajstić information content (AvgIpc) is 3.11. The molecule has 92 valence electrons. The number of aliphatic imine (C=N–C) groups is 1. The molecule has 2 fully saturated rings. The fourth-order valence-electron chi connectivity index (χ4n) is 2.53. The molecular formula is C13H25N3. The van der Waals surface area contributed by atoms with Gasteiger partial charge in [-0.25, -0.2) is 0 Å². The lowest BCUT2D eigenvalue weighted by atomic mass is 9.81. The number of hydrogen-bond donors (Lipinski definition) is 2. The van der Waals surface area contributed by atoms with Gasteiger partial charge in [0.15, 0.2) is 5.96 Å². The van der Waals surface area contributed by atoms with Crippen LogP contribution in [0.15, 0.2) is 4.99 Å². The molecule has 3 N–H and O–H groups in total. The van der Waals surface area contributed by atoms with Gasteiger partial charge >= 0.3 is 0 Å². The highest BCUT2D eigenvalue weighted by Crippen LogP contribution is 2.30. The molecule has 0 atom stereocenters. The van der Waals surface area contributed by atoms with Gasteiger partial charge in [0.1, 0.15) is 0 Å². The van der Waals surface area contributed by atoms with Crippen LogP contribution in [0.25, 0.3) is 0 Å². The van der Waals surface area contributed by atoms with Gasteiger partial charge in [0.05, 0.1) is 0 Å². The van der Waals surface area contributed by atoms with E-state index in [1.807, 2.05) is 0 Å². The minimum atomic E-state index is 0.625. The molecule has 16 heavy (non-hydrogen) atoms. The molecule has 2 aliphatic carbocycles. The Morgan fingerprint density at radius 2 is 1.75 bits per heavy atom. The highest BCUT2D eigenvalue weighted by atomic mass is 15.1. The van der Waals surface area contributed by atoms with Crippen molar-refractivity contribution in [3.8, 4) is 0 Å². The van der Waals surface area contributed by atoms with Crippen molar-refractivity contribution >= 4 is 5.96 Å². The van der Waals surface area contributed by atoms with Crippen molar-refractivity contribution in [3.63, 3.8) is 0 Å². The normalized spacial score (nSPS) is 31.4. The fourth-order valence-corrected chi connectivity index (χ4v) is 2.53. The van der Waals surface area contributed by atoms with E-state index in [1.165, 1.54) is 44.9 Å². The summed E-state index contributed by atoms with van der Waals surface area (Å²) in [6.45, 7) is 3.24. The third kappa shape index (κ3) is 3.69. The highest BCUT2D eigenvalue weighted by molar-refractivity contribution is 5.78. The number of nitrogens with zero attached hydrogens (tertiary/aromatic N) is 1. The Labute approximate surface area is 98.9 Å². The predicted octanol–water partition coefficient (Wildman–Crippen LogP) is 2.27. The van der Waals surface area contributed by atoms with Crippen LogP contribution in [0.4, 0.5) is 0 Å². The van der Waals surface area contributed by atoms with Gasteiger partial charge in [-0.1, -0.05) is 26.2 Å². The Balaban J connectivity index is 1.65. The fraction of sp³-hybridized carbons (Fsp3) is 0.923. The Morgan fingerprint density at radius 3 is 2.31 bits per heavy atom. The number of nitrogens with two attached hydrogens (primary N) is 1. The molecule has 0 spiro atoms. The van der Waals surface area contributed by atoms with Crippen molar-refractivity contribution in [1.29, 1.82) is 0 Å². The maximum absolute atomic E-state index is 5.82. The highest BCUT2D eigenvalue weighted by Gasteiger charge is 2.22. The van der Waals surface area contributed by atoms with Gasteiger partial charge in [0, 0.05) is 12.6 Å². The quantitative estimate of drug-likeness (QED) is 0.567. The van der Waals surface area contributed by atoms with Gasteiger partial charge < -0.3 is 11.1 Å². The number of guanidine groups is 1. The van der Waals surface area contributed by atoms with Gasteiger partial charge in [0.2, 0.25) is 0 Å². The van der Waals surface area contributed by atoms with Gasteiger partial charge in [0.25, 0.3) is 0 Å². The van der Waals surface area contributed by atoms with Gasteiger partial charge in [-0.3, -0.25) is 4.99 Å². The van der Waals surface area contributed by atoms with E-state index in [0.717, 1.165) is 18.4 Å². The van der Waals surface area contributed by atoms with E-state index in [9.17, 15) is 0 Å². The van der Waals surface area contributed by atoms with Crippen LogP contribution in [0.1, 0.15) is 51.9 Å². The Bertz CT molecular complexity index is 238. The molecule has 0 bridgehead atoms. The lowest BCUT2D eigenvalue weighted by molar-refractivity contribution is 0.274. The monoisotopic (exact) mass is 223 g/mol. The number of hydrogen-bond acceptors (Lipinski definition) is 1. The van der Waals surface area contributed by atoms with Crippen LogP contribution >= 0.6 is 0 Å².